The maximum atomic E-state index is 5.61. The van der Waals surface area contributed by atoms with Gasteiger partial charge in [0.05, 0.1) is 12.2 Å². The smallest absolute Gasteiger partial charge is 0.0667 e. The summed E-state index contributed by atoms with van der Waals surface area (Å²) in [6.45, 7) is 5.53. The molecule has 0 aromatic heterocycles. The molecule has 1 aliphatic carbocycles. The van der Waals surface area contributed by atoms with Crippen LogP contribution in [0, 0.1) is 5.41 Å². The van der Waals surface area contributed by atoms with E-state index in [-0.39, 0.29) is 0 Å². The van der Waals surface area contributed by atoms with Gasteiger partial charge in [-0.15, -0.1) is 0 Å². The van der Waals surface area contributed by atoms with Crippen molar-refractivity contribution in [2.24, 2.45) is 5.41 Å². The Bertz CT molecular complexity index is 134. The van der Waals surface area contributed by atoms with Gasteiger partial charge in [0, 0.05) is 0 Å². The molecule has 0 amide bonds. The van der Waals surface area contributed by atoms with E-state index in [2.05, 4.69) is 13.8 Å². The van der Waals surface area contributed by atoms with Gasteiger partial charge in [-0.3, -0.25) is 0 Å². The average molecular weight is 126 g/mol. The second-order valence-electron chi connectivity index (χ2n) is 3.95. The van der Waals surface area contributed by atoms with Gasteiger partial charge in [0.1, 0.15) is 0 Å². The van der Waals surface area contributed by atoms with E-state index in [1.807, 2.05) is 0 Å². The van der Waals surface area contributed by atoms with Crippen LogP contribution in [-0.2, 0) is 4.74 Å². The van der Waals surface area contributed by atoms with Crippen molar-refractivity contribution < 1.29 is 4.74 Å². The monoisotopic (exact) mass is 126 g/mol. The maximum Gasteiger partial charge on any atom is 0.0667 e. The fourth-order valence-corrected chi connectivity index (χ4v) is 2.42. The van der Waals surface area contributed by atoms with Crippen molar-refractivity contribution in [2.45, 2.75) is 38.7 Å². The molecule has 3 fully saturated rings. The van der Waals surface area contributed by atoms with E-state index in [0.717, 1.165) is 6.61 Å². The van der Waals surface area contributed by atoms with Crippen LogP contribution < -0.4 is 0 Å². The highest BCUT2D eigenvalue weighted by molar-refractivity contribution is 5.07. The molecule has 3 aliphatic rings. The predicted octanol–water partition coefficient (Wildman–Crippen LogP) is 1.97. The van der Waals surface area contributed by atoms with Crippen LogP contribution in [0.5, 0.6) is 0 Å². The van der Waals surface area contributed by atoms with Gasteiger partial charge in [-0.2, -0.15) is 0 Å². The number of hydrogen-bond acceptors (Lipinski definition) is 1. The van der Waals surface area contributed by atoms with Gasteiger partial charge in [0.15, 0.2) is 0 Å². The minimum absolute atomic E-state index is 0.302. The van der Waals surface area contributed by atoms with Crippen LogP contribution in [0.1, 0.15) is 33.1 Å². The highest BCUT2D eigenvalue weighted by atomic mass is 16.5. The van der Waals surface area contributed by atoms with Gasteiger partial charge >= 0.3 is 0 Å². The van der Waals surface area contributed by atoms with Crippen molar-refractivity contribution >= 4 is 0 Å². The molecule has 0 N–H and O–H groups in total. The number of ether oxygens (including phenoxy) is 1. The van der Waals surface area contributed by atoms with Crippen LogP contribution in [0.25, 0.3) is 0 Å². The molecular formula is C8H14O. The largest absolute Gasteiger partial charge is 0.375 e. The zero-order chi connectivity index (χ0) is 6.54. The SMILES string of the molecule is CCC12COC(C)(C1)C2. The predicted molar refractivity (Wildman–Crippen MR) is 36.3 cm³/mol. The first-order valence-electron chi connectivity index (χ1n) is 3.82. The number of fused-ring (bicyclic) bond motifs is 1. The van der Waals surface area contributed by atoms with Gasteiger partial charge in [0.2, 0.25) is 0 Å². The van der Waals surface area contributed by atoms with Crippen LogP contribution >= 0.6 is 0 Å². The molecule has 1 nitrogen and oxygen atoms in total. The van der Waals surface area contributed by atoms with Crippen LogP contribution in [0.15, 0.2) is 0 Å². The molecule has 1 saturated carbocycles. The van der Waals surface area contributed by atoms with E-state index < -0.39 is 0 Å². The summed E-state index contributed by atoms with van der Waals surface area (Å²) in [6.07, 6.45) is 3.94. The lowest BCUT2D eigenvalue weighted by Crippen LogP contribution is -2.41. The Hall–Kier alpha value is -0.0400. The third kappa shape index (κ3) is 0.586. The normalized spacial score (nSPS) is 55.3. The first kappa shape index (κ1) is 5.72. The molecule has 2 bridgehead atoms. The summed E-state index contributed by atoms with van der Waals surface area (Å²) >= 11 is 0. The van der Waals surface area contributed by atoms with Crippen molar-refractivity contribution in [1.29, 1.82) is 0 Å². The van der Waals surface area contributed by atoms with E-state index in [9.17, 15) is 0 Å². The van der Waals surface area contributed by atoms with Crippen LogP contribution in [-0.4, -0.2) is 12.2 Å². The quantitative estimate of drug-likeness (QED) is 0.522. The minimum Gasteiger partial charge on any atom is -0.375 e. The molecule has 2 heterocycles. The lowest BCUT2D eigenvalue weighted by atomic mass is 9.62. The number of rotatable bonds is 1. The molecular weight excluding hydrogens is 112 g/mol. The first-order valence-corrected chi connectivity index (χ1v) is 3.82. The van der Waals surface area contributed by atoms with Crippen molar-refractivity contribution in [2.75, 3.05) is 6.61 Å². The van der Waals surface area contributed by atoms with Crippen molar-refractivity contribution in [3.05, 3.63) is 0 Å². The standard InChI is InChI=1S/C8H14O/c1-3-8-4-7(2,5-8)9-6-8/h3-6H2,1-2H3. The van der Waals surface area contributed by atoms with E-state index in [1.54, 1.807) is 0 Å². The summed E-state index contributed by atoms with van der Waals surface area (Å²) in [6, 6.07) is 0. The summed E-state index contributed by atoms with van der Waals surface area (Å²) in [5, 5.41) is 0. The molecule has 2 aliphatic heterocycles. The fourth-order valence-electron chi connectivity index (χ4n) is 2.42. The Balaban J connectivity index is 2.12. The zero-order valence-corrected chi connectivity index (χ0v) is 6.24. The second kappa shape index (κ2) is 1.34. The average Bonchev–Trinajstić information content (AvgIpc) is 2.20. The number of hydrogen-bond donors (Lipinski definition) is 0. The van der Waals surface area contributed by atoms with Gasteiger partial charge in [-0.25, -0.2) is 0 Å². The molecule has 9 heavy (non-hydrogen) atoms. The van der Waals surface area contributed by atoms with E-state index >= 15 is 0 Å². The molecule has 3 rings (SSSR count). The van der Waals surface area contributed by atoms with E-state index in [0.29, 0.717) is 11.0 Å². The Labute approximate surface area is 56.4 Å². The van der Waals surface area contributed by atoms with E-state index in [1.165, 1.54) is 19.3 Å². The summed E-state index contributed by atoms with van der Waals surface area (Å²) < 4.78 is 5.61. The summed E-state index contributed by atoms with van der Waals surface area (Å²) in [5.74, 6) is 0. The zero-order valence-electron chi connectivity index (χ0n) is 6.24. The van der Waals surface area contributed by atoms with Crippen molar-refractivity contribution in [3.8, 4) is 0 Å². The molecule has 0 radical (unpaired) electrons. The van der Waals surface area contributed by atoms with Crippen LogP contribution in [0.3, 0.4) is 0 Å². The third-order valence-electron chi connectivity index (χ3n) is 2.97. The highest BCUT2D eigenvalue weighted by Crippen LogP contribution is 2.59. The minimum atomic E-state index is 0.302. The Morgan fingerprint density at radius 3 is 2.33 bits per heavy atom. The molecule has 0 aromatic carbocycles. The van der Waals surface area contributed by atoms with Crippen molar-refractivity contribution in [3.63, 3.8) is 0 Å². The molecule has 2 saturated heterocycles. The lowest BCUT2D eigenvalue weighted by molar-refractivity contribution is 0.00258. The van der Waals surface area contributed by atoms with Crippen LogP contribution in [0.4, 0.5) is 0 Å². The first-order chi connectivity index (χ1) is 4.18. The second-order valence-corrected chi connectivity index (χ2v) is 3.95. The molecule has 0 aromatic rings. The lowest BCUT2D eigenvalue weighted by Gasteiger charge is -2.41. The summed E-state index contributed by atoms with van der Waals surface area (Å²) in [5.41, 5.74) is 0.921. The molecule has 0 atom stereocenters. The molecule has 1 heteroatoms. The Morgan fingerprint density at radius 2 is 2.11 bits per heavy atom. The third-order valence-corrected chi connectivity index (χ3v) is 2.97. The Kier molecular flexibility index (Phi) is 0.852. The summed E-state index contributed by atoms with van der Waals surface area (Å²) in [7, 11) is 0. The van der Waals surface area contributed by atoms with Gasteiger partial charge < -0.3 is 4.74 Å². The molecule has 0 spiro atoms. The van der Waals surface area contributed by atoms with Gasteiger partial charge in [0.25, 0.3) is 0 Å². The van der Waals surface area contributed by atoms with Crippen molar-refractivity contribution in [1.82, 2.24) is 0 Å². The summed E-state index contributed by atoms with van der Waals surface area (Å²) in [4.78, 5) is 0. The fraction of sp³-hybridized carbons (Fsp3) is 1.00. The Morgan fingerprint density at radius 1 is 1.44 bits per heavy atom. The van der Waals surface area contributed by atoms with Crippen LogP contribution in [0.2, 0.25) is 0 Å². The molecule has 0 unspecified atom stereocenters. The van der Waals surface area contributed by atoms with Gasteiger partial charge in [-0.05, 0) is 31.6 Å². The van der Waals surface area contributed by atoms with E-state index in [4.69, 9.17) is 4.74 Å². The van der Waals surface area contributed by atoms with Gasteiger partial charge in [-0.1, -0.05) is 6.92 Å². The highest BCUT2D eigenvalue weighted by Gasteiger charge is 2.58. The maximum absolute atomic E-state index is 5.61. The topological polar surface area (TPSA) is 9.23 Å². The molecule has 52 valence electrons.